The summed E-state index contributed by atoms with van der Waals surface area (Å²) in [4.78, 5) is 0. The van der Waals surface area contributed by atoms with E-state index in [1.165, 1.54) is 5.06 Å². The fraction of sp³-hybridized carbons (Fsp3) is 0.429. The van der Waals surface area contributed by atoms with Gasteiger partial charge in [0.05, 0.1) is 5.75 Å². The number of aryl methyl sites for hydroxylation is 2. The van der Waals surface area contributed by atoms with Gasteiger partial charge in [-0.3, -0.25) is 0 Å². The fourth-order valence-corrected chi connectivity index (χ4v) is 4.33. The number of rotatable bonds is 8. The van der Waals surface area contributed by atoms with E-state index in [-0.39, 0.29) is 5.75 Å². The van der Waals surface area contributed by atoms with Gasteiger partial charge in [-0.25, -0.2) is 0 Å². The van der Waals surface area contributed by atoms with E-state index in [0.717, 1.165) is 36.8 Å². The average Bonchev–Trinajstić information content (AvgIpc) is 2.62. The molecule has 0 bridgehead atoms. The minimum absolute atomic E-state index is 0.0282. The second-order valence-corrected chi connectivity index (χ2v) is 8.43. The third kappa shape index (κ3) is 4.12. The molecule has 0 atom stereocenters. The molecule has 0 saturated carbocycles. The summed E-state index contributed by atoms with van der Waals surface area (Å²) in [6, 6.07) is 11.6. The van der Waals surface area contributed by atoms with Crippen LogP contribution in [-0.4, -0.2) is 14.2 Å². The highest BCUT2D eigenvalue weighted by atomic mass is 32.2. The van der Waals surface area contributed by atoms with E-state index in [9.17, 15) is 8.42 Å². The molecule has 0 N–H and O–H groups in total. The first kappa shape index (κ1) is 19.7. The second kappa shape index (κ2) is 8.31. The fourth-order valence-electron chi connectivity index (χ4n) is 3.38. The summed E-state index contributed by atoms with van der Waals surface area (Å²) >= 11 is 0. The van der Waals surface area contributed by atoms with Crippen molar-refractivity contribution in [1.82, 2.24) is 0 Å². The molecule has 0 unspecified atom stereocenters. The summed E-state index contributed by atoms with van der Waals surface area (Å²) in [5.74, 6) is 1.27. The molecule has 1 aliphatic heterocycles. The first-order chi connectivity index (χ1) is 13.0. The van der Waals surface area contributed by atoms with Gasteiger partial charge < -0.3 is 4.74 Å². The normalized spacial score (nSPS) is 13.1. The number of ether oxygens (including phenoxy) is 1. The third-order valence-corrected chi connectivity index (χ3v) is 5.76. The summed E-state index contributed by atoms with van der Waals surface area (Å²) in [5.41, 5.74) is 3.37. The van der Waals surface area contributed by atoms with Crippen molar-refractivity contribution < 1.29 is 17.4 Å². The third-order valence-electron chi connectivity index (χ3n) is 4.47. The van der Waals surface area contributed by atoms with Crippen molar-refractivity contribution in [3.05, 3.63) is 47.5 Å². The Bertz CT molecular complexity index is 908. The van der Waals surface area contributed by atoms with Crippen LogP contribution in [0.15, 0.2) is 36.4 Å². The van der Waals surface area contributed by atoms with E-state index in [1.807, 2.05) is 43.3 Å². The number of hydrogen-bond donors (Lipinski definition) is 0. The zero-order valence-electron chi connectivity index (χ0n) is 16.2. The zero-order chi connectivity index (χ0) is 19.4. The number of fused-ring (bicyclic) bond motifs is 2. The lowest BCUT2D eigenvalue weighted by atomic mass is 10.0. The van der Waals surface area contributed by atoms with Crippen molar-refractivity contribution in [2.75, 3.05) is 10.8 Å². The summed E-state index contributed by atoms with van der Waals surface area (Å²) in [6.07, 6.45) is 4.07. The van der Waals surface area contributed by atoms with Gasteiger partial charge in [0.15, 0.2) is 11.5 Å². The lowest BCUT2D eigenvalue weighted by Crippen LogP contribution is -2.28. The van der Waals surface area contributed by atoms with Gasteiger partial charge in [0.1, 0.15) is 11.4 Å². The Balaban J connectivity index is 2.17. The molecule has 0 saturated heterocycles. The Labute approximate surface area is 162 Å². The first-order valence-corrected chi connectivity index (χ1v) is 11.2. The lowest BCUT2D eigenvalue weighted by molar-refractivity contribution is 0.306. The summed E-state index contributed by atoms with van der Waals surface area (Å²) in [7, 11) is -3.70. The minimum atomic E-state index is -3.70. The van der Waals surface area contributed by atoms with E-state index in [1.54, 1.807) is 0 Å². The molecular formula is C21H27NO4S. The predicted molar refractivity (Wildman–Crippen MR) is 108 cm³/mol. The molecule has 2 aromatic rings. The van der Waals surface area contributed by atoms with Crippen molar-refractivity contribution in [3.8, 4) is 11.5 Å². The standard InChI is InChI=1S/C21H27NO4S/c1-4-9-16-11-8-14-19-20(16)22(26-27(23,24)15-6-3)18-13-7-12-17(10-5-2)21(18)25-19/h7-8,11-14H,4-6,9-10,15H2,1-3H3. The van der Waals surface area contributed by atoms with Crippen LogP contribution in [0.25, 0.3) is 0 Å². The second-order valence-electron chi connectivity index (χ2n) is 6.76. The van der Waals surface area contributed by atoms with Gasteiger partial charge in [0, 0.05) is 0 Å². The molecule has 0 radical (unpaired) electrons. The Morgan fingerprint density at radius 3 is 2.30 bits per heavy atom. The Kier molecular flexibility index (Phi) is 6.07. The van der Waals surface area contributed by atoms with Crippen LogP contribution in [0.3, 0.4) is 0 Å². The van der Waals surface area contributed by atoms with E-state index in [2.05, 4.69) is 13.8 Å². The van der Waals surface area contributed by atoms with E-state index in [0.29, 0.717) is 29.3 Å². The molecule has 0 amide bonds. The zero-order valence-corrected chi connectivity index (χ0v) is 17.0. The minimum Gasteiger partial charge on any atom is -0.452 e. The molecule has 0 aromatic heterocycles. The van der Waals surface area contributed by atoms with Crippen LogP contribution in [0.4, 0.5) is 11.4 Å². The smallest absolute Gasteiger partial charge is 0.288 e. The average molecular weight is 390 g/mol. The highest BCUT2D eigenvalue weighted by Crippen LogP contribution is 2.50. The van der Waals surface area contributed by atoms with Crippen LogP contribution in [0.5, 0.6) is 11.5 Å². The van der Waals surface area contributed by atoms with Crippen LogP contribution >= 0.6 is 0 Å². The molecule has 0 fully saturated rings. The summed E-state index contributed by atoms with van der Waals surface area (Å²) in [5, 5.41) is 1.46. The van der Waals surface area contributed by atoms with E-state index < -0.39 is 10.1 Å². The number of hydrogen-bond acceptors (Lipinski definition) is 5. The Hall–Kier alpha value is -2.05. The molecule has 1 aliphatic rings. The number of anilines is 2. The van der Waals surface area contributed by atoms with Gasteiger partial charge in [0.25, 0.3) is 10.1 Å². The molecule has 0 aliphatic carbocycles. The van der Waals surface area contributed by atoms with Gasteiger partial charge in [-0.2, -0.15) is 13.5 Å². The van der Waals surface area contributed by atoms with Crippen LogP contribution in [0.2, 0.25) is 0 Å². The molecule has 5 nitrogen and oxygen atoms in total. The molecule has 1 heterocycles. The number of benzene rings is 2. The Morgan fingerprint density at radius 2 is 1.59 bits per heavy atom. The molecule has 27 heavy (non-hydrogen) atoms. The maximum Gasteiger partial charge on any atom is 0.288 e. The molecule has 146 valence electrons. The molecule has 3 rings (SSSR count). The Morgan fingerprint density at radius 1 is 0.926 bits per heavy atom. The molecule has 2 aromatic carbocycles. The van der Waals surface area contributed by atoms with Gasteiger partial charge in [-0.05, 0) is 42.5 Å². The number of para-hydroxylation sites is 2. The van der Waals surface area contributed by atoms with Crippen LogP contribution in [0.1, 0.15) is 51.2 Å². The first-order valence-electron chi connectivity index (χ1n) is 9.64. The molecular weight excluding hydrogens is 362 g/mol. The van der Waals surface area contributed by atoms with Crippen LogP contribution in [-0.2, 0) is 27.2 Å². The number of nitrogens with zero attached hydrogens (tertiary/aromatic N) is 1. The van der Waals surface area contributed by atoms with Gasteiger partial charge in [0.2, 0.25) is 0 Å². The van der Waals surface area contributed by atoms with Gasteiger partial charge in [-0.15, -0.1) is 4.28 Å². The van der Waals surface area contributed by atoms with Crippen molar-refractivity contribution in [1.29, 1.82) is 0 Å². The molecule has 0 spiro atoms. The van der Waals surface area contributed by atoms with Crippen molar-refractivity contribution in [2.45, 2.75) is 52.9 Å². The monoisotopic (exact) mass is 389 g/mol. The quantitative estimate of drug-likeness (QED) is 0.596. The lowest BCUT2D eigenvalue weighted by Gasteiger charge is -2.33. The SMILES string of the molecule is CCCc1cccc2c1Oc1cccc(CCC)c1N2OS(=O)(=O)CCC. The topological polar surface area (TPSA) is 55.8 Å². The van der Waals surface area contributed by atoms with Crippen molar-refractivity contribution in [2.24, 2.45) is 0 Å². The van der Waals surface area contributed by atoms with Crippen molar-refractivity contribution in [3.63, 3.8) is 0 Å². The predicted octanol–water partition coefficient (Wildman–Crippen LogP) is 5.51. The highest BCUT2D eigenvalue weighted by Gasteiger charge is 2.32. The largest absolute Gasteiger partial charge is 0.452 e. The van der Waals surface area contributed by atoms with E-state index in [4.69, 9.17) is 9.02 Å². The van der Waals surface area contributed by atoms with Crippen molar-refractivity contribution >= 4 is 21.5 Å². The highest BCUT2D eigenvalue weighted by molar-refractivity contribution is 7.86. The summed E-state index contributed by atoms with van der Waals surface area (Å²) < 4.78 is 36.8. The van der Waals surface area contributed by atoms with Gasteiger partial charge in [-0.1, -0.05) is 57.9 Å². The van der Waals surface area contributed by atoms with Crippen LogP contribution in [0, 0.1) is 0 Å². The van der Waals surface area contributed by atoms with Crippen LogP contribution < -0.4 is 9.80 Å². The summed E-state index contributed by atoms with van der Waals surface area (Å²) in [6.45, 7) is 6.02. The maximum atomic E-state index is 12.5. The maximum absolute atomic E-state index is 12.5. The van der Waals surface area contributed by atoms with E-state index >= 15 is 0 Å². The van der Waals surface area contributed by atoms with Gasteiger partial charge >= 0.3 is 0 Å². The molecule has 6 heteroatoms.